The van der Waals surface area contributed by atoms with Gasteiger partial charge in [-0.3, -0.25) is 14.4 Å². The van der Waals surface area contributed by atoms with Crippen molar-refractivity contribution in [1.29, 1.82) is 0 Å². The first-order chi connectivity index (χ1) is 20.9. The lowest BCUT2D eigenvalue weighted by molar-refractivity contribution is -0.116. The van der Waals surface area contributed by atoms with Gasteiger partial charge in [0.1, 0.15) is 17.2 Å². The van der Waals surface area contributed by atoms with Crippen molar-refractivity contribution in [3.05, 3.63) is 120 Å². The van der Waals surface area contributed by atoms with E-state index in [4.69, 9.17) is 9.47 Å². The molecular weight excluding hydrogens is 562 g/mol. The number of carbonyl (C=O) groups is 3. The van der Waals surface area contributed by atoms with Crippen LogP contribution < -0.4 is 25.4 Å². The summed E-state index contributed by atoms with van der Waals surface area (Å²) in [5.74, 6) is -0.0201. The van der Waals surface area contributed by atoms with Crippen molar-refractivity contribution in [2.45, 2.75) is 23.5 Å². The van der Waals surface area contributed by atoms with Gasteiger partial charge in [0.05, 0.1) is 19.5 Å². The Bertz CT molecular complexity index is 1590. The average molecular weight is 596 g/mol. The fourth-order valence-corrected chi connectivity index (χ4v) is 5.14. The number of methoxy groups -OCH3 is 2. The molecule has 4 aromatic carbocycles. The second kappa shape index (κ2) is 15.3. The number of benzene rings is 4. The van der Waals surface area contributed by atoms with Gasteiger partial charge in [-0.05, 0) is 73.2 Å². The second-order valence-electron chi connectivity index (χ2n) is 9.34. The summed E-state index contributed by atoms with van der Waals surface area (Å²) in [5.41, 5.74) is 2.19. The predicted molar refractivity (Wildman–Crippen MR) is 172 cm³/mol. The number of para-hydroxylation sites is 1. The number of ether oxygens (including phenoxy) is 2. The summed E-state index contributed by atoms with van der Waals surface area (Å²) in [4.78, 5) is 40.4. The van der Waals surface area contributed by atoms with Crippen LogP contribution in [0.1, 0.15) is 29.3 Å². The summed E-state index contributed by atoms with van der Waals surface area (Å²) in [7, 11) is 3.06. The molecule has 0 heterocycles. The molecule has 4 aromatic rings. The van der Waals surface area contributed by atoms with Crippen molar-refractivity contribution in [3.63, 3.8) is 0 Å². The van der Waals surface area contributed by atoms with E-state index in [1.54, 1.807) is 73.8 Å². The fraction of sp³-hybridized carbons (Fsp3) is 0.147. The minimum Gasteiger partial charge on any atom is -0.497 e. The van der Waals surface area contributed by atoms with Crippen LogP contribution in [0.4, 0.5) is 11.4 Å². The lowest BCUT2D eigenvalue weighted by Gasteiger charge is -2.16. The van der Waals surface area contributed by atoms with Crippen LogP contribution >= 0.6 is 11.8 Å². The van der Waals surface area contributed by atoms with Crippen molar-refractivity contribution in [2.24, 2.45) is 0 Å². The molecule has 0 bridgehead atoms. The largest absolute Gasteiger partial charge is 0.497 e. The number of carbonyl (C=O) groups excluding carboxylic acids is 3. The molecule has 3 amide bonds. The first-order valence-corrected chi connectivity index (χ1v) is 14.5. The van der Waals surface area contributed by atoms with Crippen LogP contribution in [0.3, 0.4) is 0 Å². The zero-order chi connectivity index (χ0) is 30.6. The van der Waals surface area contributed by atoms with Crippen LogP contribution in [-0.2, 0) is 9.59 Å². The highest BCUT2D eigenvalue weighted by Gasteiger charge is 2.20. The maximum absolute atomic E-state index is 13.6. The van der Waals surface area contributed by atoms with E-state index in [1.165, 1.54) is 24.9 Å². The Balaban J connectivity index is 1.56. The van der Waals surface area contributed by atoms with E-state index in [9.17, 15) is 14.4 Å². The minimum absolute atomic E-state index is 0.00661. The Morgan fingerprint density at radius 2 is 1.49 bits per heavy atom. The number of anilines is 2. The van der Waals surface area contributed by atoms with Crippen molar-refractivity contribution < 1.29 is 23.9 Å². The molecule has 0 fully saturated rings. The third-order valence-corrected chi connectivity index (χ3v) is 7.70. The monoisotopic (exact) mass is 595 g/mol. The van der Waals surface area contributed by atoms with E-state index < -0.39 is 11.8 Å². The molecule has 0 saturated heterocycles. The Morgan fingerprint density at radius 3 is 2.16 bits per heavy atom. The molecule has 0 radical (unpaired) electrons. The summed E-state index contributed by atoms with van der Waals surface area (Å²) in [5, 5.41) is 8.23. The Labute approximate surface area is 255 Å². The van der Waals surface area contributed by atoms with E-state index in [0.29, 0.717) is 34.7 Å². The zero-order valence-corrected chi connectivity index (χ0v) is 24.9. The summed E-state index contributed by atoms with van der Waals surface area (Å²) in [6.07, 6.45) is 2.15. The number of amides is 3. The molecule has 0 saturated carbocycles. The third-order valence-electron chi connectivity index (χ3n) is 6.34. The SMILES string of the molecule is CCC(Sc1cccc(NC(=O)/C(=C\c2cc(OC)ccc2OC)NC(=O)c2ccccc2)c1)C(=O)Nc1ccccc1. The summed E-state index contributed by atoms with van der Waals surface area (Å²) < 4.78 is 10.8. The van der Waals surface area contributed by atoms with E-state index in [0.717, 1.165) is 10.6 Å². The average Bonchev–Trinajstić information content (AvgIpc) is 3.04. The Morgan fingerprint density at radius 1 is 0.791 bits per heavy atom. The summed E-state index contributed by atoms with van der Waals surface area (Å²) in [6, 6.07) is 30.3. The number of thioether (sulfide) groups is 1. The van der Waals surface area contributed by atoms with Gasteiger partial charge >= 0.3 is 0 Å². The van der Waals surface area contributed by atoms with Crippen LogP contribution in [-0.4, -0.2) is 37.2 Å². The quantitative estimate of drug-likeness (QED) is 0.126. The molecule has 0 aliphatic carbocycles. The fourth-order valence-electron chi connectivity index (χ4n) is 4.13. The van der Waals surface area contributed by atoms with Gasteiger partial charge in [-0.25, -0.2) is 0 Å². The molecule has 0 spiro atoms. The normalized spacial score (nSPS) is 11.7. The highest BCUT2D eigenvalue weighted by molar-refractivity contribution is 8.00. The molecule has 1 unspecified atom stereocenters. The lowest BCUT2D eigenvalue weighted by atomic mass is 10.1. The van der Waals surface area contributed by atoms with Gasteiger partial charge in [-0.1, -0.05) is 49.4 Å². The van der Waals surface area contributed by atoms with E-state index in [2.05, 4.69) is 16.0 Å². The van der Waals surface area contributed by atoms with Gasteiger partial charge in [-0.15, -0.1) is 11.8 Å². The van der Waals surface area contributed by atoms with Crippen LogP contribution in [0.25, 0.3) is 6.08 Å². The summed E-state index contributed by atoms with van der Waals surface area (Å²) in [6.45, 7) is 1.95. The standard InChI is InChI=1S/C34H33N3O5S/c1-4-31(34(40)35-25-14-9-6-10-15-25)43-28-17-11-16-26(22-28)36-33(39)29(37-32(38)23-12-7-5-8-13-23)21-24-20-27(41-2)18-19-30(24)42-3/h5-22,31H,4H2,1-3H3,(H,35,40)(H,36,39)(H,37,38)/b29-21+. The number of hydrogen-bond acceptors (Lipinski definition) is 6. The van der Waals surface area contributed by atoms with Crippen molar-refractivity contribution in [1.82, 2.24) is 5.32 Å². The summed E-state index contributed by atoms with van der Waals surface area (Å²) >= 11 is 1.41. The maximum atomic E-state index is 13.6. The van der Waals surface area contributed by atoms with Crippen LogP contribution in [0.5, 0.6) is 11.5 Å². The van der Waals surface area contributed by atoms with Crippen LogP contribution in [0.15, 0.2) is 114 Å². The first kappa shape index (κ1) is 30.9. The van der Waals surface area contributed by atoms with E-state index >= 15 is 0 Å². The Kier molecular flexibility index (Phi) is 11.0. The van der Waals surface area contributed by atoms with Crippen molar-refractivity contribution in [3.8, 4) is 11.5 Å². The highest BCUT2D eigenvalue weighted by atomic mass is 32.2. The van der Waals surface area contributed by atoms with Crippen molar-refractivity contribution in [2.75, 3.05) is 24.9 Å². The minimum atomic E-state index is -0.537. The number of rotatable bonds is 12. The molecule has 0 aromatic heterocycles. The van der Waals surface area contributed by atoms with Gasteiger partial charge in [0.15, 0.2) is 0 Å². The molecule has 1 atom stereocenters. The van der Waals surface area contributed by atoms with Crippen LogP contribution in [0.2, 0.25) is 0 Å². The number of nitrogens with one attached hydrogen (secondary N) is 3. The van der Waals surface area contributed by atoms with Gasteiger partial charge in [0.2, 0.25) is 5.91 Å². The third kappa shape index (κ3) is 8.73. The smallest absolute Gasteiger partial charge is 0.272 e. The van der Waals surface area contributed by atoms with Gasteiger partial charge < -0.3 is 25.4 Å². The lowest BCUT2D eigenvalue weighted by Crippen LogP contribution is -2.30. The van der Waals surface area contributed by atoms with Gasteiger partial charge in [0, 0.05) is 27.4 Å². The molecule has 0 aliphatic heterocycles. The van der Waals surface area contributed by atoms with E-state index in [1.807, 2.05) is 43.3 Å². The molecule has 4 rings (SSSR count). The maximum Gasteiger partial charge on any atom is 0.272 e. The zero-order valence-electron chi connectivity index (χ0n) is 24.1. The molecule has 0 aliphatic rings. The molecule has 43 heavy (non-hydrogen) atoms. The van der Waals surface area contributed by atoms with Gasteiger partial charge in [0.25, 0.3) is 11.8 Å². The topological polar surface area (TPSA) is 106 Å². The predicted octanol–water partition coefficient (Wildman–Crippen LogP) is 6.62. The first-order valence-electron chi connectivity index (χ1n) is 13.6. The highest BCUT2D eigenvalue weighted by Crippen LogP contribution is 2.29. The molecule has 9 heteroatoms. The molecular formula is C34H33N3O5S. The molecule has 8 nitrogen and oxygen atoms in total. The van der Waals surface area contributed by atoms with E-state index in [-0.39, 0.29) is 16.9 Å². The number of hydrogen-bond donors (Lipinski definition) is 3. The Hall–Kier alpha value is -5.02. The van der Waals surface area contributed by atoms with Crippen LogP contribution in [0, 0.1) is 0 Å². The molecule has 220 valence electrons. The van der Waals surface area contributed by atoms with Gasteiger partial charge in [-0.2, -0.15) is 0 Å². The second-order valence-corrected chi connectivity index (χ2v) is 10.6. The van der Waals surface area contributed by atoms with Crippen molar-refractivity contribution >= 4 is 46.9 Å². The molecule has 3 N–H and O–H groups in total.